The van der Waals surface area contributed by atoms with E-state index >= 15 is 0 Å². The maximum absolute atomic E-state index is 10.7. The molecule has 0 radical (unpaired) electrons. The summed E-state index contributed by atoms with van der Waals surface area (Å²) < 4.78 is 19.3. The highest BCUT2D eigenvalue weighted by atomic mass is 16.5. The molecule has 1 N–H and O–H groups in total. The third kappa shape index (κ3) is 7.02. The van der Waals surface area contributed by atoms with Crippen molar-refractivity contribution < 1.29 is 19.3 Å². The minimum Gasteiger partial charge on any atom is -0.497 e. The zero-order valence-corrected chi connectivity index (χ0v) is 22.4. The van der Waals surface area contributed by atoms with Crippen LogP contribution in [0.1, 0.15) is 57.7 Å². The molecule has 0 bridgehead atoms. The number of hydrogen-bond acceptors (Lipinski definition) is 6. The quantitative estimate of drug-likeness (QED) is 0.279. The summed E-state index contributed by atoms with van der Waals surface area (Å²) >= 11 is 0. The van der Waals surface area contributed by atoms with E-state index in [1.807, 2.05) is 53.2 Å². The zero-order chi connectivity index (χ0) is 25.9. The van der Waals surface area contributed by atoms with Crippen molar-refractivity contribution in [1.29, 1.82) is 0 Å². The summed E-state index contributed by atoms with van der Waals surface area (Å²) in [7, 11) is 3.30. The smallest absolute Gasteiger partial charge is 0.227 e. The van der Waals surface area contributed by atoms with Gasteiger partial charge in [0.2, 0.25) is 5.88 Å². The first kappa shape index (κ1) is 27.6. The first-order valence-corrected chi connectivity index (χ1v) is 13.0. The van der Waals surface area contributed by atoms with Gasteiger partial charge in [-0.2, -0.15) is 5.10 Å². The van der Waals surface area contributed by atoms with Crippen LogP contribution in [0, 0.1) is 0 Å². The van der Waals surface area contributed by atoms with Crippen molar-refractivity contribution in [1.82, 2.24) is 14.7 Å². The van der Waals surface area contributed by atoms with Gasteiger partial charge in [0, 0.05) is 13.1 Å². The molecule has 0 saturated carbocycles. The Kier molecular flexibility index (Phi) is 10.6. The second-order valence-electron chi connectivity index (χ2n) is 8.98. The van der Waals surface area contributed by atoms with E-state index in [0.29, 0.717) is 30.5 Å². The Morgan fingerprint density at radius 1 is 0.944 bits per heavy atom. The summed E-state index contributed by atoms with van der Waals surface area (Å²) in [4.78, 5) is 2.31. The number of unbranched alkanes of at least 4 members (excludes halogenated alkanes) is 1. The van der Waals surface area contributed by atoms with Crippen LogP contribution in [0.3, 0.4) is 0 Å². The van der Waals surface area contributed by atoms with Crippen LogP contribution in [0.4, 0.5) is 0 Å². The Morgan fingerprint density at radius 3 is 2.28 bits per heavy atom. The minimum absolute atomic E-state index is 0.350. The van der Waals surface area contributed by atoms with Gasteiger partial charge in [-0.25, -0.2) is 4.68 Å². The molecule has 0 aliphatic carbocycles. The number of methoxy groups -OCH3 is 2. The summed E-state index contributed by atoms with van der Waals surface area (Å²) in [5.74, 6) is 2.72. The molecule has 1 aromatic heterocycles. The normalized spacial score (nSPS) is 12.1. The van der Waals surface area contributed by atoms with Crippen LogP contribution >= 0.6 is 0 Å². The van der Waals surface area contributed by atoms with Gasteiger partial charge >= 0.3 is 0 Å². The van der Waals surface area contributed by atoms with E-state index in [2.05, 4.69) is 25.7 Å². The maximum atomic E-state index is 10.7. The summed E-state index contributed by atoms with van der Waals surface area (Å²) in [5.41, 5.74) is 2.88. The van der Waals surface area contributed by atoms with Crippen molar-refractivity contribution in [2.75, 3.05) is 27.3 Å². The van der Waals surface area contributed by atoms with Crippen LogP contribution in [0.15, 0.2) is 48.5 Å². The van der Waals surface area contributed by atoms with Crippen LogP contribution in [-0.4, -0.2) is 53.2 Å². The molecule has 0 amide bonds. The molecule has 0 aliphatic rings. The number of aromatic nitrogens is 2. The minimum atomic E-state index is -0.350. The molecule has 7 nitrogen and oxygen atoms in total. The first-order valence-electron chi connectivity index (χ1n) is 13.0. The number of para-hydroxylation sites is 2. The number of aliphatic hydroxyl groups excluding tert-OH is 1. The molecule has 1 atom stereocenters. The molecule has 0 aliphatic heterocycles. The fourth-order valence-electron chi connectivity index (χ4n) is 4.34. The summed E-state index contributed by atoms with van der Waals surface area (Å²) in [6, 6.07) is 15.4. The highest BCUT2D eigenvalue weighted by Crippen LogP contribution is 2.36. The van der Waals surface area contributed by atoms with Gasteiger partial charge in [-0.1, -0.05) is 45.7 Å². The molecule has 3 aromatic rings. The van der Waals surface area contributed by atoms with Crippen LogP contribution in [0.2, 0.25) is 0 Å². The third-order valence-electron chi connectivity index (χ3n) is 6.23. The van der Waals surface area contributed by atoms with Gasteiger partial charge in [0.05, 0.1) is 37.3 Å². The van der Waals surface area contributed by atoms with Gasteiger partial charge in [0.25, 0.3) is 0 Å². The van der Waals surface area contributed by atoms with Crippen molar-refractivity contribution in [3.8, 4) is 28.8 Å². The molecule has 1 heterocycles. The third-order valence-corrected chi connectivity index (χ3v) is 6.23. The largest absolute Gasteiger partial charge is 0.497 e. The highest BCUT2D eigenvalue weighted by molar-refractivity contribution is 5.48. The van der Waals surface area contributed by atoms with Crippen molar-refractivity contribution in [2.45, 2.75) is 65.5 Å². The fourth-order valence-corrected chi connectivity index (χ4v) is 4.34. The molecule has 7 heteroatoms. The number of rotatable bonds is 15. The number of ether oxygens (including phenoxy) is 3. The molecule has 0 fully saturated rings. The standard InChI is InChI=1S/C29H41N3O4/c1-6-9-12-23(33)20-31(19-7-2)21-25-26(8-3)30-32(22-15-17-24(34-4)18-16-22)29(25)36-28-14-11-10-13-27(28)35-5/h10-11,13-18,23,33H,6-9,12,19-21H2,1-5H3. The molecule has 3 rings (SSSR count). The van der Waals surface area contributed by atoms with Gasteiger partial charge in [0.1, 0.15) is 5.75 Å². The predicted molar refractivity (Wildman–Crippen MR) is 144 cm³/mol. The Hall–Kier alpha value is -3.03. The number of aryl methyl sites for hydroxylation is 1. The molecule has 0 spiro atoms. The first-order chi connectivity index (χ1) is 17.5. The van der Waals surface area contributed by atoms with Gasteiger partial charge in [-0.15, -0.1) is 0 Å². The van der Waals surface area contributed by atoms with E-state index in [-0.39, 0.29) is 6.10 Å². The lowest BCUT2D eigenvalue weighted by molar-refractivity contribution is 0.0990. The number of benzene rings is 2. The SMILES string of the molecule is CCCCC(O)CN(CCC)Cc1c(CC)nn(-c2ccc(OC)cc2)c1Oc1ccccc1OC. The Balaban J connectivity index is 2.05. The van der Waals surface area contributed by atoms with Gasteiger partial charge in [0.15, 0.2) is 11.5 Å². The second-order valence-corrected chi connectivity index (χ2v) is 8.98. The average molecular weight is 496 g/mol. The molecule has 196 valence electrons. The van der Waals surface area contributed by atoms with E-state index in [1.165, 1.54) is 0 Å². The molecule has 1 unspecified atom stereocenters. The molecule has 36 heavy (non-hydrogen) atoms. The number of nitrogens with zero attached hydrogens (tertiary/aromatic N) is 3. The Labute approximate surface area is 215 Å². The second kappa shape index (κ2) is 13.9. The Bertz CT molecular complexity index is 1060. The monoisotopic (exact) mass is 495 g/mol. The number of aliphatic hydroxyl groups is 1. The lowest BCUT2D eigenvalue weighted by Crippen LogP contribution is -2.33. The van der Waals surface area contributed by atoms with Crippen molar-refractivity contribution >= 4 is 0 Å². The van der Waals surface area contributed by atoms with E-state index in [9.17, 15) is 5.11 Å². The van der Waals surface area contributed by atoms with Crippen LogP contribution in [0.25, 0.3) is 5.69 Å². The van der Waals surface area contributed by atoms with E-state index in [1.54, 1.807) is 14.2 Å². The van der Waals surface area contributed by atoms with Gasteiger partial charge in [-0.05, 0) is 62.2 Å². The van der Waals surface area contributed by atoms with Crippen molar-refractivity contribution in [2.24, 2.45) is 0 Å². The molecule has 0 saturated heterocycles. The van der Waals surface area contributed by atoms with Crippen LogP contribution in [0.5, 0.6) is 23.1 Å². The van der Waals surface area contributed by atoms with Crippen LogP contribution < -0.4 is 14.2 Å². The lowest BCUT2D eigenvalue weighted by atomic mass is 10.1. The summed E-state index contributed by atoms with van der Waals surface area (Å²) in [6.07, 6.45) is 4.33. The topological polar surface area (TPSA) is 69.0 Å². The maximum Gasteiger partial charge on any atom is 0.227 e. The predicted octanol–water partition coefficient (Wildman–Crippen LogP) is 6.01. The van der Waals surface area contributed by atoms with Crippen LogP contribution in [-0.2, 0) is 13.0 Å². The molecular formula is C29H41N3O4. The van der Waals surface area contributed by atoms with Crippen molar-refractivity contribution in [3.63, 3.8) is 0 Å². The van der Waals surface area contributed by atoms with E-state index in [4.69, 9.17) is 19.3 Å². The number of hydrogen-bond donors (Lipinski definition) is 1. The van der Waals surface area contributed by atoms with Gasteiger partial charge < -0.3 is 19.3 Å². The Morgan fingerprint density at radius 2 is 1.67 bits per heavy atom. The highest BCUT2D eigenvalue weighted by Gasteiger charge is 2.24. The molecule has 2 aromatic carbocycles. The average Bonchev–Trinajstić information content (AvgIpc) is 3.24. The lowest BCUT2D eigenvalue weighted by Gasteiger charge is -2.25. The van der Waals surface area contributed by atoms with Crippen molar-refractivity contribution in [3.05, 3.63) is 59.8 Å². The summed E-state index contributed by atoms with van der Waals surface area (Å²) in [5, 5.41) is 15.6. The van der Waals surface area contributed by atoms with E-state index in [0.717, 1.165) is 61.3 Å². The van der Waals surface area contributed by atoms with E-state index < -0.39 is 0 Å². The zero-order valence-electron chi connectivity index (χ0n) is 22.4. The fraction of sp³-hybridized carbons (Fsp3) is 0.483. The van der Waals surface area contributed by atoms with Gasteiger partial charge in [-0.3, -0.25) is 4.90 Å². The molecular weight excluding hydrogens is 454 g/mol. The summed E-state index contributed by atoms with van der Waals surface area (Å²) in [6.45, 7) is 8.57.